The first-order valence-electron chi connectivity index (χ1n) is 13.7. The van der Waals surface area contributed by atoms with Gasteiger partial charge in [0.05, 0.1) is 22.9 Å². The van der Waals surface area contributed by atoms with E-state index in [4.69, 9.17) is 5.73 Å². The normalized spacial score (nSPS) is 14.5. The van der Waals surface area contributed by atoms with Crippen molar-refractivity contribution in [3.63, 3.8) is 0 Å². The molecule has 1 amide bonds. The van der Waals surface area contributed by atoms with Crippen LogP contribution in [0.2, 0.25) is 0 Å². The fraction of sp³-hybridized carbons (Fsp3) is 0.250. The number of amides is 1. The Morgan fingerprint density at radius 3 is 2.21 bits per heavy atom. The third-order valence-electron chi connectivity index (χ3n) is 7.39. The van der Waals surface area contributed by atoms with Gasteiger partial charge in [0.25, 0.3) is 5.91 Å². The van der Waals surface area contributed by atoms with Crippen LogP contribution in [0.5, 0.6) is 0 Å². The number of benzene rings is 3. The van der Waals surface area contributed by atoms with E-state index in [0.717, 1.165) is 10.9 Å². The molecule has 4 rings (SSSR count). The van der Waals surface area contributed by atoms with Crippen molar-refractivity contribution in [3.8, 4) is 0 Å². The van der Waals surface area contributed by atoms with Gasteiger partial charge in [-0.15, -0.1) is 0 Å². The lowest BCUT2D eigenvalue weighted by Gasteiger charge is -2.30. The molecule has 1 unspecified atom stereocenters. The number of Topliss-reactive ketones (excluding diaryl/α,β-unsaturated/α-hetero) is 2. The summed E-state index contributed by atoms with van der Waals surface area (Å²) in [6, 6.07) is 21.0. The Bertz CT molecular complexity index is 1660. The highest BCUT2D eigenvalue weighted by atomic mass is 32.2. The number of nitrogens with one attached hydrogen (secondary N) is 2. The van der Waals surface area contributed by atoms with Gasteiger partial charge in [0.15, 0.2) is 5.78 Å². The van der Waals surface area contributed by atoms with Crippen molar-refractivity contribution in [2.75, 3.05) is 0 Å². The zero-order chi connectivity index (χ0) is 30.3. The summed E-state index contributed by atoms with van der Waals surface area (Å²) in [5, 5.41) is 3.80. The summed E-state index contributed by atoms with van der Waals surface area (Å²) in [6.07, 6.45) is 3.59. The van der Waals surface area contributed by atoms with Gasteiger partial charge in [-0.1, -0.05) is 87.0 Å². The van der Waals surface area contributed by atoms with Crippen LogP contribution < -0.4 is 15.8 Å². The van der Waals surface area contributed by atoms with E-state index < -0.39 is 51.4 Å². The molecule has 4 aromatic rings. The highest BCUT2D eigenvalue weighted by Crippen LogP contribution is 2.28. The Kier molecular flexibility index (Phi) is 9.95. The zero-order valence-electron chi connectivity index (χ0n) is 23.4. The Morgan fingerprint density at radius 1 is 0.881 bits per heavy atom. The predicted octanol–water partition coefficient (Wildman–Crippen LogP) is 3.49. The topological polar surface area (TPSA) is 148 Å². The van der Waals surface area contributed by atoms with Gasteiger partial charge < -0.3 is 11.1 Å². The first kappa shape index (κ1) is 30.7. The van der Waals surface area contributed by atoms with E-state index in [1.807, 2.05) is 13.0 Å². The van der Waals surface area contributed by atoms with Crippen LogP contribution in [0.1, 0.15) is 37.3 Å². The van der Waals surface area contributed by atoms with Crippen LogP contribution >= 0.6 is 0 Å². The van der Waals surface area contributed by atoms with Crippen molar-refractivity contribution in [2.24, 2.45) is 11.7 Å². The first-order chi connectivity index (χ1) is 20.1. The highest BCUT2D eigenvalue weighted by molar-refractivity contribution is 7.89. The van der Waals surface area contributed by atoms with Crippen LogP contribution in [-0.2, 0) is 31.0 Å². The molecule has 3 aromatic carbocycles. The van der Waals surface area contributed by atoms with E-state index in [0.29, 0.717) is 17.4 Å². The van der Waals surface area contributed by atoms with E-state index in [2.05, 4.69) is 15.0 Å². The largest absolute Gasteiger partial charge is 0.345 e. The maximum Gasteiger partial charge on any atom is 0.289 e. The fourth-order valence-corrected chi connectivity index (χ4v) is 6.37. The van der Waals surface area contributed by atoms with Gasteiger partial charge in [-0.25, -0.2) is 13.1 Å². The molecule has 9 nitrogen and oxygen atoms in total. The average Bonchev–Trinajstić information content (AvgIpc) is 3.02. The molecule has 4 atom stereocenters. The summed E-state index contributed by atoms with van der Waals surface area (Å²) in [6.45, 7) is 3.67. The molecule has 0 bridgehead atoms. The molecule has 0 aliphatic carbocycles. The lowest BCUT2D eigenvalue weighted by Crippen LogP contribution is -2.53. The van der Waals surface area contributed by atoms with Gasteiger partial charge >= 0.3 is 0 Å². The SMILES string of the molecule is CC[C@H](C)[C@H](NS(=O)(=O)c1cccc2ccccc12)C(=O)C(c1ccccc1)[C@H](N)C(=O)C(=O)NCc1ccncc1. The summed E-state index contributed by atoms with van der Waals surface area (Å²) in [5.41, 5.74) is 7.51. The molecular weight excluding hydrogens is 552 g/mol. The predicted molar refractivity (Wildman–Crippen MR) is 161 cm³/mol. The number of nitrogens with zero attached hydrogens (tertiary/aromatic N) is 1. The third kappa shape index (κ3) is 6.96. The number of hydrogen-bond donors (Lipinski definition) is 3. The fourth-order valence-electron chi connectivity index (χ4n) is 4.83. The second-order valence-corrected chi connectivity index (χ2v) is 11.9. The van der Waals surface area contributed by atoms with E-state index in [9.17, 15) is 22.8 Å². The number of fused-ring (bicyclic) bond motifs is 1. The summed E-state index contributed by atoms with van der Waals surface area (Å²) < 4.78 is 30.1. The number of pyridine rings is 1. The van der Waals surface area contributed by atoms with Crippen molar-refractivity contribution in [1.29, 1.82) is 0 Å². The van der Waals surface area contributed by atoms with E-state index in [1.165, 1.54) is 6.07 Å². The molecule has 10 heteroatoms. The number of ketones is 2. The Labute approximate surface area is 245 Å². The van der Waals surface area contributed by atoms with Crippen LogP contribution in [0, 0.1) is 5.92 Å². The van der Waals surface area contributed by atoms with Crippen LogP contribution in [0.25, 0.3) is 10.8 Å². The van der Waals surface area contributed by atoms with Crippen LogP contribution in [0.4, 0.5) is 0 Å². The molecule has 0 saturated heterocycles. The second-order valence-electron chi connectivity index (χ2n) is 10.2. The molecule has 218 valence electrons. The minimum Gasteiger partial charge on any atom is -0.345 e. The van der Waals surface area contributed by atoms with E-state index in [-0.39, 0.29) is 11.4 Å². The van der Waals surface area contributed by atoms with Gasteiger partial charge in [-0.3, -0.25) is 19.4 Å². The monoisotopic (exact) mass is 586 g/mol. The van der Waals surface area contributed by atoms with Crippen molar-refractivity contribution < 1.29 is 22.8 Å². The van der Waals surface area contributed by atoms with Crippen molar-refractivity contribution in [3.05, 3.63) is 108 Å². The molecule has 4 N–H and O–H groups in total. The minimum absolute atomic E-state index is 0.0360. The van der Waals surface area contributed by atoms with Crippen LogP contribution in [0.15, 0.2) is 102 Å². The number of carbonyl (C=O) groups excluding carboxylic acids is 3. The molecule has 0 aliphatic rings. The summed E-state index contributed by atoms with van der Waals surface area (Å²) in [4.78, 5) is 44.3. The Hall–Kier alpha value is -4.25. The van der Waals surface area contributed by atoms with Crippen molar-refractivity contribution >= 4 is 38.3 Å². The number of nitrogens with two attached hydrogens (primary N) is 1. The van der Waals surface area contributed by atoms with Crippen molar-refractivity contribution in [2.45, 2.75) is 49.7 Å². The quantitative estimate of drug-likeness (QED) is 0.203. The third-order valence-corrected chi connectivity index (χ3v) is 8.89. The maximum atomic E-state index is 14.3. The zero-order valence-corrected chi connectivity index (χ0v) is 24.3. The number of hydrogen-bond acceptors (Lipinski definition) is 7. The summed E-state index contributed by atoms with van der Waals surface area (Å²) in [5.74, 6) is -4.24. The van der Waals surface area contributed by atoms with Crippen LogP contribution in [-0.4, -0.2) is 43.0 Å². The summed E-state index contributed by atoms with van der Waals surface area (Å²) >= 11 is 0. The van der Waals surface area contributed by atoms with E-state index >= 15 is 0 Å². The second kappa shape index (κ2) is 13.6. The van der Waals surface area contributed by atoms with Gasteiger partial charge in [-0.05, 0) is 40.6 Å². The number of aromatic nitrogens is 1. The lowest BCUT2D eigenvalue weighted by molar-refractivity contribution is -0.140. The molecule has 1 aromatic heterocycles. The molecule has 0 aliphatic heterocycles. The lowest BCUT2D eigenvalue weighted by atomic mass is 9.80. The van der Waals surface area contributed by atoms with E-state index in [1.54, 1.807) is 92.1 Å². The van der Waals surface area contributed by atoms with Crippen molar-refractivity contribution in [1.82, 2.24) is 15.0 Å². The number of rotatable bonds is 13. The number of carbonyl (C=O) groups is 3. The Morgan fingerprint density at radius 2 is 1.52 bits per heavy atom. The minimum atomic E-state index is -4.18. The van der Waals surface area contributed by atoms with Gasteiger partial charge in [0, 0.05) is 24.3 Å². The number of sulfonamides is 1. The molecule has 1 heterocycles. The highest BCUT2D eigenvalue weighted by Gasteiger charge is 2.41. The van der Waals surface area contributed by atoms with Gasteiger partial charge in [0.1, 0.15) is 0 Å². The summed E-state index contributed by atoms with van der Waals surface area (Å²) in [7, 11) is -4.18. The molecule has 42 heavy (non-hydrogen) atoms. The first-order valence-corrected chi connectivity index (χ1v) is 15.2. The molecule has 0 fully saturated rings. The van der Waals surface area contributed by atoms with Crippen LogP contribution in [0.3, 0.4) is 0 Å². The molecule has 0 spiro atoms. The standard InChI is InChI=1S/C32H34N4O5S/c1-3-21(2)29(36-42(40,41)26-15-9-13-23-10-7-8-14-25(23)26)30(37)27(24-11-5-4-6-12-24)28(33)31(38)32(39)35-20-22-16-18-34-19-17-22/h4-19,21,27-29,36H,3,20,33H2,1-2H3,(H,35,39)/t21-,27?,28-,29-/m0/s1. The molecular formula is C32H34N4O5S. The average molecular weight is 587 g/mol. The van der Waals surface area contributed by atoms with Gasteiger partial charge in [-0.2, -0.15) is 0 Å². The van der Waals surface area contributed by atoms with Gasteiger partial charge in [0.2, 0.25) is 15.8 Å². The maximum absolute atomic E-state index is 14.3. The smallest absolute Gasteiger partial charge is 0.289 e. The molecule has 0 saturated carbocycles. The Balaban J connectivity index is 1.66. The molecule has 0 radical (unpaired) electrons.